The molecule has 0 aliphatic carbocycles. The van der Waals surface area contributed by atoms with Crippen molar-refractivity contribution in [2.75, 3.05) is 13.1 Å². The Kier molecular flexibility index (Phi) is 3.94. The SMILES string of the molecule is CC(O)C1CCN(C(=O)c2cc(-c3ccc(F)cc3)on2)C1. The molecule has 1 saturated heterocycles. The molecule has 0 spiro atoms. The first-order valence-electron chi connectivity index (χ1n) is 7.24. The molecule has 1 amide bonds. The molecule has 0 bridgehead atoms. The third-order valence-corrected chi connectivity index (χ3v) is 4.05. The van der Waals surface area contributed by atoms with Crippen LogP contribution in [0.15, 0.2) is 34.9 Å². The predicted molar refractivity (Wildman–Crippen MR) is 77.6 cm³/mol. The normalized spacial score (nSPS) is 19.4. The van der Waals surface area contributed by atoms with Crippen molar-refractivity contribution in [2.45, 2.75) is 19.4 Å². The summed E-state index contributed by atoms with van der Waals surface area (Å²) >= 11 is 0. The number of aliphatic hydroxyl groups excluding tert-OH is 1. The van der Waals surface area contributed by atoms with Crippen LogP contribution in [0.1, 0.15) is 23.8 Å². The number of nitrogens with zero attached hydrogens (tertiary/aromatic N) is 2. The quantitative estimate of drug-likeness (QED) is 0.945. The highest BCUT2D eigenvalue weighted by atomic mass is 19.1. The lowest BCUT2D eigenvalue weighted by Gasteiger charge is -2.16. The lowest BCUT2D eigenvalue weighted by molar-refractivity contribution is 0.0752. The van der Waals surface area contributed by atoms with Crippen LogP contribution >= 0.6 is 0 Å². The van der Waals surface area contributed by atoms with E-state index in [2.05, 4.69) is 5.16 Å². The van der Waals surface area contributed by atoms with Crippen molar-refractivity contribution in [1.82, 2.24) is 10.1 Å². The van der Waals surface area contributed by atoms with Gasteiger partial charge in [-0.25, -0.2) is 4.39 Å². The number of aliphatic hydroxyl groups is 1. The zero-order chi connectivity index (χ0) is 15.7. The van der Waals surface area contributed by atoms with E-state index in [0.717, 1.165) is 6.42 Å². The molecule has 22 heavy (non-hydrogen) atoms. The molecule has 2 unspecified atom stereocenters. The Hall–Kier alpha value is -2.21. The first-order valence-corrected chi connectivity index (χ1v) is 7.24. The van der Waals surface area contributed by atoms with E-state index in [4.69, 9.17) is 4.52 Å². The Bertz CT molecular complexity index is 666. The minimum atomic E-state index is -0.426. The molecule has 1 aliphatic heterocycles. The fraction of sp³-hybridized carbons (Fsp3) is 0.375. The maximum atomic E-state index is 12.9. The van der Waals surface area contributed by atoms with Crippen molar-refractivity contribution in [3.63, 3.8) is 0 Å². The van der Waals surface area contributed by atoms with Gasteiger partial charge in [-0.05, 0) is 37.6 Å². The van der Waals surface area contributed by atoms with Crippen LogP contribution in [0.25, 0.3) is 11.3 Å². The number of rotatable bonds is 3. The average molecular weight is 304 g/mol. The van der Waals surface area contributed by atoms with E-state index in [0.29, 0.717) is 24.4 Å². The highest BCUT2D eigenvalue weighted by Crippen LogP contribution is 2.24. The molecule has 5 nitrogen and oxygen atoms in total. The third kappa shape index (κ3) is 2.87. The fourth-order valence-corrected chi connectivity index (χ4v) is 2.65. The molecule has 1 N–H and O–H groups in total. The number of halogens is 1. The summed E-state index contributed by atoms with van der Waals surface area (Å²) in [5.41, 5.74) is 0.891. The van der Waals surface area contributed by atoms with Crippen LogP contribution in [0, 0.1) is 11.7 Å². The van der Waals surface area contributed by atoms with Crippen molar-refractivity contribution in [2.24, 2.45) is 5.92 Å². The minimum Gasteiger partial charge on any atom is -0.393 e. The number of aromatic nitrogens is 1. The highest BCUT2D eigenvalue weighted by Gasteiger charge is 2.31. The summed E-state index contributed by atoms with van der Waals surface area (Å²) in [5.74, 6) is -0.0110. The summed E-state index contributed by atoms with van der Waals surface area (Å²) in [4.78, 5) is 14.0. The molecule has 1 fully saturated rings. The molecule has 2 heterocycles. The summed E-state index contributed by atoms with van der Waals surface area (Å²) in [7, 11) is 0. The zero-order valence-corrected chi connectivity index (χ0v) is 12.2. The number of amides is 1. The molecule has 2 atom stereocenters. The minimum absolute atomic E-state index is 0.104. The summed E-state index contributed by atoms with van der Waals surface area (Å²) in [6.45, 7) is 2.86. The number of carbonyl (C=O) groups is 1. The Labute approximate surface area is 127 Å². The molecular weight excluding hydrogens is 287 g/mol. The summed E-state index contributed by atoms with van der Waals surface area (Å²) in [6.07, 6.45) is 0.358. The van der Waals surface area contributed by atoms with Gasteiger partial charge in [0.1, 0.15) is 5.82 Å². The maximum Gasteiger partial charge on any atom is 0.276 e. The third-order valence-electron chi connectivity index (χ3n) is 4.05. The van der Waals surface area contributed by atoms with E-state index in [-0.39, 0.29) is 23.3 Å². The molecule has 116 valence electrons. The van der Waals surface area contributed by atoms with Crippen molar-refractivity contribution >= 4 is 5.91 Å². The second-order valence-electron chi connectivity index (χ2n) is 5.62. The van der Waals surface area contributed by atoms with Crippen LogP contribution in [-0.4, -0.2) is 40.3 Å². The van der Waals surface area contributed by atoms with Crippen LogP contribution in [0.4, 0.5) is 4.39 Å². The summed E-state index contributed by atoms with van der Waals surface area (Å²) < 4.78 is 18.1. The van der Waals surface area contributed by atoms with Gasteiger partial charge in [0, 0.05) is 30.6 Å². The van der Waals surface area contributed by atoms with Gasteiger partial charge in [0.25, 0.3) is 5.91 Å². The summed E-state index contributed by atoms with van der Waals surface area (Å²) in [6, 6.07) is 7.36. The first-order chi connectivity index (χ1) is 10.5. The van der Waals surface area contributed by atoms with E-state index in [1.54, 1.807) is 30.0 Å². The van der Waals surface area contributed by atoms with Crippen LogP contribution in [-0.2, 0) is 0 Å². The standard InChI is InChI=1S/C16H17FN2O3/c1-10(20)12-6-7-19(9-12)16(21)14-8-15(22-18-14)11-2-4-13(17)5-3-11/h2-5,8,10,12,20H,6-7,9H2,1H3. The van der Waals surface area contributed by atoms with Gasteiger partial charge in [-0.1, -0.05) is 5.16 Å². The molecule has 6 heteroatoms. The Balaban J connectivity index is 1.74. The molecule has 0 saturated carbocycles. The smallest absolute Gasteiger partial charge is 0.276 e. The van der Waals surface area contributed by atoms with Gasteiger partial charge < -0.3 is 14.5 Å². The van der Waals surface area contributed by atoms with Gasteiger partial charge in [-0.15, -0.1) is 0 Å². The van der Waals surface area contributed by atoms with Crippen molar-refractivity contribution in [3.05, 3.63) is 41.8 Å². The fourth-order valence-electron chi connectivity index (χ4n) is 2.65. The van der Waals surface area contributed by atoms with Crippen LogP contribution in [0.3, 0.4) is 0 Å². The van der Waals surface area contributed by atoms with Crippen LogP contribution in [0.2, 0.25) is 0 Å². The van der Waals surface area contributed by atoms with Gasteiger partial charge in [-0.2, -0.15) is 0 Å². The van der Waals surface area contributed by atoms with Crippen LogP contribution in [0.5, 0.6) is 0 Å². The Morgan fingerprint density at radius 3 is 2.82 bits per heavy atom. The zero-order valence-electron chi connectivity index (χ0n) is 12.2. The molecule has 3 rings (SSSR count). The number of hydrogen-bond acceptors (Lipinski definition) is 4. The summed E-state index contributed by atoms with van der Waals surface area (Å²) in [5, 5.41) is 13.4. The largest absolute Gasteiger partial charge is 0.393 e. The van der Waals surface area contributed by atoms with Crippen LogP contribution < -0.4 is 0 Å². The molecular formula is C16H17FN2O3. The van der Waals surface area contributed by atoms with Crippen molar-refractivity contribution in [1.29, 1.82) is 0 Å². The van der Waals surface area contributed by atoms with Gasteiger partial charge in [0.15, 0.2) is 11.5 Å². The molecule has 1 aromatic heterocycles. The van der Waals surface area contributed by atoms with E-state index in [9.17, 15) is 14.3 Å². The number of carbonyl (C=O) groups excluding carboxylic acids is 1. The molecule has 1 aromatic carbocycles. The first kappa shape index (κ1) is 14.7. The lowest BCUT2D eigenvalue weighted by Crippen LogP contribution is -2.30. The monoisotopic (exact) mass is 304 g/mol. The predicted octanol–water partition coefficient (Wildman–Crippen LogP) is 2.32. The maximum absolute atomic E-state index is 12.9. The molecule has 1 aliphatic rings. The van der Waals surface area contributed by atoms with E-state index >= 15 is 0 Å². The van der Waals surface area contributed by atoms with Crippen molar-refractivity contribution < 1.29 is 18.8 Å². The second-order valence-corrected chi connectivity index (χ2v) is 5.62. The van der Waals surface area contributed by atoms with Gasteiger partial charge in [0.2, 0.25) is 0 Å². The second kappa shape index (κ2) is 5.88. The van der Waals surface area contributed by atoms with E-state index in [1.165, 1.54) is 12.1 Å². The van der Waals surface area contributed by atoms with Gasteiger partial charge in [-0.3, -0.25) is 4.79 Å². The number of benzene rings is 1. The number of hydrogen-bond donors (Lipinski definition) is 1. The Morgan fingerprint density at radius 2 is 2.18 bits per heavy atom. The molecule has 0 radical (unpaired) electrons. The van der Waals surface area contributed by atoms with Gasteiger partial charge >= 0.3 is 0 Å². The highest BCUT2D eigenvalue weighted by molar-refractivity contribution is 5.93. The average Bonchev–Trinajstić information content (AvgIpc) is 3.17. The topological polar surface area (TPSA) is 66.6 Å². The van der Waals surface area contributed by atoms with E-state index in [1.807, 2.05) is 0 Å². The Morgan fingerprint density at radius 1 is 1.45 bits per heavy atom. The lowest BCUT2D eigenvalue weighted by atomic mass is 10.0. The number of likely N-dealkylation sites (tertiary alicyclic amines) is 1. The van der Waals surface area contributed by atoms with Crippen molar-refractivity contribution in [3.8, 4) is 11.3 Å². The van der Waals surface area contributed by atoms with Gasteiger partial charge in [0.05, 0.1) is 6.10 Å². The van der Waals surface area contributed by atoms with E-state index < -0.39 is 6.10 Å². The molecule has 2 aromatic rings.